The summed E-state index contributed by atoms with van der Waals surface area (Å²) in [6.07, 6.45) is 3.32. The van der Waals surface area contributed by atoms with Crippen molar-refractivity contribution in [2.45, 2.75) is 31.2 Å². The average molecular weight is 245 g/mol. The van der Waals surface area contributed by atoms with Gasteiger partial charge in [-0.25, -0.2) is 4.79 Å². The molecule has 1 atom stereocenters. The highest BCUT2D eigenvalue weighted by Crippen LogP contribution is 2.28. The molecule has 1 saturated heterocycles. The van der Waals surface area contributed by atoms with E-state index in [1.54, 1.807) is 0 Å². The molecule has 1 aliphatic heterocycles. The second-order valence-electron chi connectivity index (χ2n) is 5.32. The normalized spacial score (nSPS) is 23.1. The van der Waals surface area contributed by atoms with Gasteiger partial charge in [-0.15, -0.1) is 0 Å². The molecule has 18 heavy (non-hydrogen) atoms. The van der Waals surface area contributed by atoms with Crippen LogP contribution in [0.5, 0.6) is 0 Å². The maximum atomic E-state index is 11.9. The summed E-state index contributed by atoms with van der Waals surface area (Å²) in [5.74, 6) is 0.454. The number of hydrogen-bond donors (Lipinski definition) is 2. The van der Waals surface area contributed by atoms with E-state index in [4.69, 9.17) is 5.73 Å². The van der Waals surface area contributed by atoms with Crippen molar-refractivity contribution in [2.75, 3.05) is 18.8 Å². The summed E-state index contributed by atoms with van der Waals surface area (Å²) in [5, 5.41) is 3.04. The number of likely N-dealkylation sites (tertiary alicyclic amines) is 1. The minimum atomic E-state index is 0.107. The summed E-state index contributed by atoms with van der Waals surface area (Å²) in [7, 11) is 0. The standard InChI is InChI=1S/C14H19N3O/c15-12-3-1-10(2-4-12)11-7-8-17(9-11)14(18)16-13-5-6-13/h1-4,11,13H,5-9,15H2,(H,16,18). The van der Waals surface area contributed by atoms with Gasteiger partial charge in [-0.1, -0.05) is 12.1 Å². The Morgan fingerprint density at radius 2 is 1.94 bits per heavy atom. The lowest BCUT2D eigenvalue weighted by Crippen LogP contribution is -2.39. The number of carbonyl (C=O) groups is 1. The van der Waals surface area contributed by atoms with Crippen LogP contribution in [0.3, 0.4) is 0 Å². The fourth-order valence-electron chi connectivity index (χ4n) is 2.48. The Balaban J connectivity index is 1.60. The first kappa shape index (κ1) is 11.4. The summed E-state index contributed by atoms with van der Waals surface area (Å²) in [6.45, 7) is 1.68. The van der Waals surface area contributed by atoms with Crippen molar-refractivity contribution in [2.24, 2.45) is 0 Å². The minimum Gasteiger partial charge on any atom is -0.399 e. The van der Waals surface area contributed by atoms with E-state index in [1.165, 1.54) is 5.56 Å². The predicted molar refractivity (Wildman–Crippen MR) is 71.3 cm³/mol. The summed E-state index contributed by atoms with van der Waals surface area (Å²) in [4.78, 5) is 13.9. The number of nitrogens with two attached hydrogens (primary N) is 1. The van der Waals surface area contributed by atoms with E-state index in [0.717, 1.165) is 38.0 Å². The maximum Gasteiger partial charge on any atom is 0.317 e. The van der Waals surface area contributed by atoms with Crippen LogP contribution in [0.2, 0.25) is 0 Å². The van der Waals surface area contributed by atoms with Crippen molar-refractivity contribution in [3.8, 4) is 0 Å². The first-order chi connectivity index (χ1) is 8.72. The van der Waals surface area contributed by atoms with Gasteiger partial charge in [0.25, 0.3) is 0 Å². The molecule has 4 nitrogen and oxygen atoms in total. The SMILES string of the molecule is Nc1ccc(C2CCN(C(=O)NC3CC3)C2)cc1. The molecule has 1 unspecified atom stereocenters. The molecule has 1 aliphatic carbocycles. The van der Waals surface area contributed by atoms with Crippen molar-refractivity contribution < 1.29 is 4.79 Å². The molecular formula is C14H19N3O. The Hall–Kier alpha value is -1.71. The fourth-order valence-corrected chi connectivity index (χ4v) is 2.48. The van der Waals surface area contributed by atoms with E-state index in [9.17, 15) is 4.79 Å². The molecular weight excluding hydrogens is 226 g/mol. The van der Waals surface area contributed by atoms with Crippen LogP contribution in [0.15, 0.2) is 24.3 Å². The minimum absolute atomic E-state index is 0.107. The molecule has 1 saturated carbocycles. The third-order valence-electron chi connectivity index (χ3n) is 3.79. The molecule has 96 valence electrons. The molecule has 2 fully saturated rings. The third-order valence-corrected chi connectivity index (χ3v) is 3.79. The molecule has 2 amide bonds. The first-order valence-corrected chi connectivity index (χ1v) is 6.63. The van der Waals surface area contributed by atoms with Gasteiger partial charge in [-0.3, -0.25) is 0 Å². The average Bonchev–Trinajstić information content (AvgIpc) is 3.04. The zero-order valence-electron chi connectivity index (χ0n) is 10.4. The lowest BCUT2D eigenvalue weighted by Gasteiger charge is -2.17. The molecule has 3 rings (SSSR count). The molecule has 1 aromatic carbocycles. The molecule has 0 aromatic heterocycles. The number of hydrogen-bond acceptors (Lipinski definition) is 2. The molecule has 3 N–H and O–H groups in total. The number of anilines is 1. The fraction of sp³-hybridized carbons (Fsp3) is 0.500. The van der Waals surface area contributed by atoms with Gasteiger partial charge in [0.15, 0.2) is 0 Å². The summed E-state index contributed by atoms with van der Waals surface area (Å²) >= 11 is 0. The monoisotopic (exact) mass is 245 g/mol. The van der Waals surface area contributed by atoms with Gasteiger partial charge in [0.1, 0.15) is 0 Å². The highest BCUT2D eigenvalue weighted by atomic mass is 16.2. The van der Waals surface area contributed by atoms with Gasteiger partial charge in [-0.05, 0) is 37.0 Å². The van der Waals surface area contributed by atoms with E-state index in [-0.39, 0.29) is 6.03 Å². The number of nitrogens with zero attached hydrogens (tertiary/aromatic N) is 1. The number of rotatable bonds is 2. The van der Waals surface area contributed by atoms with Crippen molar-refractivity contribution >= 4 is 11.7 Å². The lowest BCUT2D eigenvalue weighted by molar-refractivity contribution is 0.208. The van der Waals surface area contributed by atoms with Crippen LogP contribution in [0.1, 0.15) is 30.7 Å². The van der Waals surface area contributed by atoms with Gasteiger partial charge in [0, 0.05) is 30.7 Å². The van der Waals surface area contributed by atoms with Crippen LogP contribution in [0.4, 0.5) is 10.5 Å². The van der Waals surface area contributed by atoms with E-state index >= 15 is 0 Å². The van der Waals surface area contributed by atoms with E-state index in [2.05, 4.69) is 17.4 Å². The summed E-state index contributed by atoms with van der Waals surface area (Å²) in [5.41, 5.74) is 7.76. The highest BCUT2D eigenvalue weighted by Gasteiger charge is 2.30. The van der Waals surface area contributed by atoms with Gasteiger partial charge in [-0.2, -0.15) is 0 Å². The van der Waals surface area contributed by atoms with Crippen molar-refractivity contribution in [3.63, 3.8) is 0 Å². The first-order valence-electron chi connectivity index (χ1n) is 6.63. The van der Waals surface area contributed by atoms with Crippen LogP contribution in [0.25, 0.3) is 0 Å². The van der Waals surface area contributed by atoms with Gasteiger partial charge in [0.05, 0.1) is 0 Å². The van der Waals surface area contributed by atoms with Crippen LogP contribution in [0, 0.1) is 0 Å². The number of amides is 2. The van der Waals surface area contributed by atoms with E-state index in [1.807, 2.05) is 17.0 Å². The summed E-state index contributed by atoms with van der Waals surface area (Å²) in [6, 6.07) is 8.55. The third kappa shape index (κ3) is 2.42. The predicted octanol–water partition coefficient (Wildman–Crippen LogP) is 1.93. The highest BCUT2D eigenvalue weighted by molar-refractivity contribution is 5.75. The zero-order valence-corrected chi connectivity index (χ0v) is 10.4. The molecule has 0 spiro atoms. The quantitative estimate of drug-likeness (QED) is 0.782. The lowest BCUT2D eigenvalue weighted by atomic mass is 9.98. The Labute approximate surface area is 107 Å². The summed E-state index contributed by atoms with van der Waals surface area (Å²) < 4.78 is 0. The van der Waals surface area contributed by atoms with Crippen molar-refractivity contribution in [1.82, 2.24) is 10.2 Å². The Bertz CT molecular complexity index is 439. The molecule has 2 aliphatic rings. The number of benzene rings is 1. The van der Waals surface area contributed by atoms with Crippen LogP contribution in [-0.2, 0) is 0 Å². The molecule has 0 radical (unpaired) electrons. The maximum absolute atomic E-state index is 11.9. The van der Waals surface area contributed by atoms with Crippen molar-refractivity contribution in [3.05, 3.63) is 29.8 Å². The zero-order chi connectivity index (χ0) is 12.5. The van der Waals surface area contributed by atoms with E-state index < -0.39 is 0 Å². The second kappa shape index (κ2) is 4.52. The van der Waals surface area contributed by atoms with Crippen LogP contribution in [-0.4, -0.2) is 30.1 Å². The largest absolute Gasteiger partial charge is 0.399 e. The second-order valence-corrected chi connectivity index (χ2v) is 5.32. The number of carbonyl (C=O) groups excluding carboxylic acids is 1. The topological polar surface area (TPSA) is 58.4 Å². The van der Waals surface area contributed by atoms with E-state index in [0.29, 0.717) is 12.0 Å². The molecule has 1 heterocycles. The number of nitrogens with one attached hydrogen (secondary N) is 1. The van der Waals surface area contributed by atoms with Gasteiger partial charge in [0.2, 0.25) is 0 Å². The van der Waals surface area contributed by atoms with Crippen LogP contribution >= 0.6 is 0 Å². The van der Waals surface area contributed by atoms with Gasteiger partial charge >= 0.3 is 6.03 Å². The Morgan fingerprint density at radius 1 is 1.22 bits per heavy atom. The Morgan fingerprint density at radius 3 is 2.61 bits per heavy atom. The van der Waals surface area contributed by atoms with Crippen LogP contribution < -0.4 is 11.1 Å². The number of nitrogen functional groups attached to an aromatic ring is 1. The van der Waals surface area contributed by atoms with Gasteiger partial charge < -0.3 is 16.0 Å². The van der Waals surface area contributed by atoms with Crippen molar-refractivity contribution in [1.29, 1.82) is 0 Å². The molecule has 1 aromatic rings. The smallest absolute Gasteiger partial charge is 0.317 e. The molecule has 0 bridgehead atoms. The Kier molecular flexibility index (Phi) is 2.86. The number of urea groups is 1. The molecule has 4 heteroatoms.